The summed E-state index contributed by atoms with van der Waals surface area (Å²) in [6.45, 7) is 7.10. The summed E-state index contributed by atoms with van der Waals surface area (Å²) in [4.78, 5) is 2.44. The van der Waals surface area contributed by atoms with Gasteiger partial charge in [0.25, 0.3) is 0 Å². The van der Waals surface area contributed by atoms with Crippen molar-refractivity contribution in [2.45, 2.75) is 44.9 Å². The third-order valence-corrected chi connectivity index (χ3v) is 4.36. The fourth-order valence-corrected chi connectivity index (χ4v) is 3.24. The van der Waals surface area contributed by atoms with E-state index < -0.39 is 0 Å². The predicted octanol–water partition coefficient (Wildman–Crippen LogP) is 1.58. The van der Waals surface area contributed by atoms with Gasteiger partial charge in [-0.05, 0) is 31.4 Å². The first-order valence-electron chi connectivity index (χ1n) is 7.47. The molecule has 0 spiro atoms. The topological polar surface area (TPSA) is 37.6 Å². The van der Waals surface area contributed by atoms with E-state index in [1.807, 2.05) is 0 Å². The summed E-state index contributed by atoms with van der Waals surface area (Å²) in [6, 6.07) is 0. The second-order valence-corrected chi connectivity index (χ2v) is 5.73. The van der Waals surface area contributed by atoms with Gasteiger partial charge >= 0.3 is 0 Å². The lowest BCUT2D eigenvalue weighted by molar-refractivity contribution is -0.0342. The highest BCUT2D eigenvalue weighted by atomic mass is 16.5. The van der Waals surface area contributed by atoms with Crippen molar-refractivity contribution in [1.29, 1.82) is 0 Å². The molecule has 1 fully saturated rings. The molecule has 1 aliphatic carbocycles. The van der Waals surface area contributed by atoms with Gasteiger partial charge in [-0.1, -0.05) is 6.92 Å². The Balaban J connectivity index is 1.66. The molecule has 0 aromatic carbocycles. The lowest BCUT2D eigenvalue weighted by atomic mass is 9.93. The molecule has 0 saturated carbocycles. The fourth-order valence-electron chi connectivity index (χ4n) is 3.24. The van der Waals surface area contributed by atoms with Crippen LogP contribution in [0.2, 0.25) is 0 Å². The summed E-state index contributed by atoms with van der Waals surface area (Å²) in [5.74, 6) is 0. The average Bonchev–Trinajstić information content (AvgIpc) is 2.83. The number of likely N-dealkylation sites (N-methyl/N-ethyl adjacent to an activating group) is 1. The molecule has 0 amide bonds. The molecule has 0 radical (unpaired) electrons. The van der Waals surface area contributed by atoms with Crippen molar-refractivity contribution < 1.29 is 9.84 Å². The number of aliphatic hydroxyl groups excluding tert-OH is 1. The van der Waals surface area contributed by atoms with Crippen LogP contribution in [0.4, 0.5) is 0 Å². The summed E-state index contributed by atoms with van der Waals surface area (Å²) in [6.07, 6.45) is 7.44. The Bertz CT molecular complexity index is 430. The van der Waals surface area contributed by atoms with Crippen molar-refractivity contribution in [3.8, 4) is 0 Å². The second kappa shape index (κ2) is 5.65. The van der Waals surface area contributed by atoms with E-state index in [2.05, 4.69) is 28.8 Å². The van der Waals surface area contributed by atoms with E-state index in [1.54, 1.807) is 0 Å². The third kappa shape index (κ3) is 2.86. The second-order valence-electron chi connectivity index (χ2n) is 5.73. The number of rotatable bonds is 3. The van der Waals surface area contributed by atoms with Gasteiger partial charge < -0.3 is 14.4 Å². The lowest BCUT2D eigenvalue weighted by Crippen LogP contribution is -2.43. The Kier molecular flexibility index (Phi) is 3.91. The Morgan fingerprint density at radius 1 is 1.42 bits per heavy atom. The van der Waals surface area contributed by atoms with Crippen LogP contribution in [0.5, 0.6) is 0 Å². The summed E-state index contributed by atoms with van der Waals surface area (Å²) in [7, 11) is 0. The Labute approximate surface area is 115 Å². The molecule has 1 saturated heterocycles. The maximum absolute atomic E-state index is 10.0. The van der Waals surface area contributed by atoms with Gasteiger partial charge in [-0.3, -0.25) is 4.90 Å². The SMILES string of the molecule is CCN1CCOC(Cn2cc3c(c2)C(O)CCC3)C1. The summed E-state index contributed by atoms with van der Waals surface area (Å²) >= 11 is 0. The van der Waals surface area contributed by atoms with Crippen molar-refractivity contribution in [2.75, 3.05) is 26.2 Å². The van der Waals surface area contributed by atoms with Crippen LogP contribution in [-0.2, 0) is 17.7 Å². The van der Waals surface area contributed by atoms with Crippen molar-refractivity contribution in [1.82, 2.24) is 9.47 Å². The highest BCUT2D eigenvalue weighted by Crippen LogP contribution is 2.30. The largest absolute Gasteiger partial charge is 0.388 e. The molecule has 1 aromatic rings. The summed E-state index contributed by atoms with van der Waals surface area (Å²) < 4.78 is 8.06. The quantitative estimate of drug-likeness (QED) is 0.900. The molecule has 2 heterocycles. The Morgan fingerprint density at radius 2 is 2.32 bits per heavy atom. The van der Waals surface area contributed by atoms with Crippen LogP contribution in [0.25, 0.3) is 0 Å². The molecular formula is C15H24N2O2. The predicted molar refractivity (Wildman–Crippen MR) is 74.2 cm³/mol. The molecule has 2 atom stereocenters. The molecule has 3 rings (SSSR count). The van der Waals surface area contributed by atoms with E-state index in [0.29, 0.717) is 0 Å². The normalized spacial score (nSPS) is 28.3. The van der Waals surface area contributed by atoms with Crippen molar-refractivity contribution >= 4 is 0 Å². The summed E-state index contributed by atoms with van der Waals surface area (Å²) in [5, 5.41) is 10.0. The van der Waals surface area contributed by atoms with Crippen LogP contribution >= 0.6 is 0 Å². The van der Waals surface area contributed by atoms with E-state index in [0.717, 1.165) is 57.6 Å². The Morgan fingerprint density at radius 3 is 3.11 bits per heavy atom. The molecule has 2 unspecified atom stereocenters. The first-order valence-corrected chi connectivity index (χ1v) is 7.47. The minimum atomic E-state index is -0.260. The van der Waals surface area contributed by atoms with Gasteiger partial charge in [0.15, 0.2) is 0 Å². The zero-order valence-electron chi connectivity index (χ0n) is 11.7. The smallest absolute Gasteiger partial charge is 0.0880 e. The van der Waals surface area contributed by atoms with Gasteiger partial charge in [-0.25, -0.2) is 0 Å². The highest BCUT2D eigenvalue weighted by Gasteiger charge is 2.23. The number of ether oxygens (including phenoxy) is 1. The zero-order valence-corrected chi connectivity index (χ0v) is 11.7. The van der Waals surface area contributed by atoms with Crippen LogP contribution < -0.4 is 0 Å². The first kappa shape index (κ1) is 13.2. The maximum Gasteiger partial charge on any atom is 0.0880 e. The van der Waals surface area contributed by atoms with E-state index >= 15 is 0 Å². The van der Waals surface area contributed by atoms with E-state index in [-0.39, 0.29) is 12.2 Å². The number of fused-ring (bicyclic) bond motifs is 1. The minimum absolute atomic E-state index is 0.260. The van der Waals surface area contributed by atoms with Crippen LogP contribution in [0, 0.1) is 0 Å². The molecule has 1 N–H and O–H groups in total. The lowest BCUT2D eigenvalue weighted by Gasteiger charge is -2.32. The number of aromatic nitrogens is 1. The van der Waals surface area contributed by atoms with Gasteiger partial charge in [-0.2, -0.15) is 0 Å². The Hall–Kier alpha value is -0.840. The van der Waals surface area contributed by atoms with E-state index in [9.17, 15) is 5.11 Å². The highest BCUT2D eigenvalue weighted by molar-refractivity contribution is 5.29. The maximum atomic E-state index is 10.0. The first-order chi connectivity index (χ1) is 9.26. The van der Waals surface area contributed by atoms with E-state index in [4.69, 9.17) is 4.74 Å². The van der Waals surface area contributed by atoms with E-state index in [1.165, 1.54) is 5.56 Å². The van der Waals surface area contributed by atoms with Crippen LogP contribution in [0.3, 0.4) is 0 Å². The van der Waals surface area contributed by atoms with Crippen LogP contribution in [-0.4, -0.2) is 46.9 Å². The van der Waals surface area contributed by atoms with Crippen LogP contribution in [0.1, 0.15) is 37.0 Å². The molecule has 1 aromatic heterocycles. The van der Waals surface area contributed by atoms with Gasteiger partial charge in [0.2, 0.25) is 0 Å². The van der Waals surface area contributed by atoms with Gasteiger partial charge in [0.1, 0.15) is 0 Å². The monoisotopic (exact) mass is 264 g/mol. The fraction of sp³-hybridized carbons (Fsp3) is 0.733. The van der Waals surface area contributed by atoms with Crippen molar-refractivity contribution in [3.05, 3.63) is 23.5 Å². The number of aryl methyl sites for hydroxylation is 1. The number of hydrogen-bond acceptors (Lipinski definition) is 3. The molecule has 4 heteroatoms. The molecule has 0 bridgehead atoms. The minimum Gasteiger partial charge on any atom is -0.388 e. The molecule has 1 aliphatic heterocycles. The number of hydrogen-bond donors (Lipinski definition) is 1. The number of aliphatic hydroxyl groups is 1. The van der Waals surface area contributed by atoms with Crippen LogP contribution in [0.15, 0.2) is 12.4 Å². The number of nitrogens with zero attached hydrogens (tertiary/aromatic N) is 2. The van der Waals surface area contributed by atoms with Crippen molar-refractivity contribution in [2.24, 2.45) is 0 Å². The molecule has 19 heavy (non-hydrogen) atoms. The average molecular weight is 264 g/mol. The number of morpholine rings is 1. The molecule has 4 nitrogen and oxygen atoms in total. The summed E-state index contributed by atoms with van der Waals surface area (Å²) in [5.41, 5.74) is 2.45. The van der Waals surface area contributed by atoms with Crippen molar-refractivity contribution in [3.63, 3.8) is 0 Å². The van der Waals surface area contributed by atoms with Gasteiger partial charge in [0.05, 0.1) is 18.8 Å². The van der Waals surface area contributed by atoms with Gasteiger partial charge in [0, 0.05) is 37.6 Å². The molecule has 2 aliphatic rings. The molecule has 106 valence electrons. The van der Waals surface area contributed by atoms with Gasteiger partial charge in [-0.15, -0.1) is 0 Å². The molecular weight excluding hydrogens is 240 g/mol. The zero-order chi connectivity index (χ0) is 13.2. The standard InChI is InChI=1S/C15H24N2O2/c1-2-16-6-7-19-13(9-16)10-17-8-12-4-3-5-15(18)14(12)11-17/h8,11,13,15,18H,2-7,9-10H2,1H3. The third-order valence-electron chi connectivity index (χ3n) is 4.36.